The first-order valence-corrected chi connectivity index (χ1v) is 7.34. The summed E-state index contributed by atoms with van der Waals surface area (Å²) >= 11 is 13.0. The van der Waals surface area contributed by atoms with E-state index in [0.717, 1.165) is 25.2 Å². The molecule has 1 aromatic heterocycles. The second-order valence-electron chi connectivity index (χ2n) is 3.92. The summed E-state index contributed by atoms with van der Waals surface area (Å²) in [5.41, 5.74) is 2.01. The van der Waals surface area contributed by atoms with Crippen LogP contribution in [0.1, 0.15) is 18.5 Å². The topological polar surface area (TPSA) is 24.9 Å². The molecule has 0 amide bonds. The van der Waals surface area contributed by atoms with E-state index >= 15 is 0 Å². The SMILES string of the molecule is CC(Nc1cncc(Br)c1)c1ccc(Br)cc1Cl. The standard InChI is InChI=1S/C13H11Br2ClN2/c1-8(12-3-2-9(14)5-13(12)16)18-11-4-10(15)6-17-7-11/h2-8,18H,1H3. The summed E-state index contributed by atoms with van der Waals surface area (Å²) in [6, 6.07) is 7.99. The van der Waals surface area contributed by atoms with Crippen LogP contribution in [0.2, 0.25) is 5.02 Å². The van der Waals surface area contributed by atoms with Gasteiger partial charge in [0.05, 0.1) is 17.9 Å². The molecule has 0 saturated carbocycles. The number of nitrogens with zero attached hydrogens (tertiary/aromatic N) is 1. The molecule has 0 spiro atoms. The average molecular weight is 391 g/mol. The number of benzene rings is 1. The van der Waals surface area contributed by atoms with E-state index in [1.165, 1.54) is 0 Å². The summed E-state index contributed by atoms with van der Waals surface area (Å²) in [4.78, 5) is 4.12. The maximum absolute atomic E-state index is 6.23. The third kappa shape index (κ3) is 3.46. The van der Waals surface area contributed by atoms with Gasteiger partial charge in [0, 0.05) is 20.2 Å². The van der Waals surface area contributed by atoms with Crippen LogP contribution in [0.5, 0.6) is 0 Å². The van der Waals surface area contributed by atoms with Crippen LogP contribution in [0.3, 0.4) is 0 Å². The molecular formula is C13H11Br2ClN2. The molecule has 5 heteroatoms. The monoisotopic (exact) mass is 388 g/mol. The lowest BCUT2D eigenvalue weighted by Crippen LogP contribution is -2.07. The summed E-state index contributed by atoms with van der Waals surface area (Å²) in [5, 5.41) is 4.11. The van der Waals surface area contributed by atoms with E-state index in [-0.39, 0.29) is 6.04 Å². The number of rotatable bonds is 3. The zero-order valence-corrected chi connectivity index (χ0v) is 13.6. The highest BCUT2D eigenvalue weighted by atomic mass is 79.9. The van der Waals surface area contributed by atoms with Crippen LogP contribution < -0.4 is 5.32 Å². The van der Waals surface area contributed by atoms with Gasteiger partial charge in [0.1, 0.15) is 0 Å². The van der Waals surface area contributed by atoms with Crippen LogP contribution in [0.25, 0.3) is 0 Å². The van der Waals surface area contributed by atoms with Crippen molar-refractivity contribution in [1.29, 1.82) is 0 Å². The molecule has 0 bridgehead atoms. The first-order chi connectivity index (χ1) is 8.56. The Morgan fingerprint density at radius 3 is 2.61 bits per heavy atom. The highest BCUT2D eigenvalue weighted by Crippen LogP contribution is 2.28. The van der Waals surface area contributed by atoms with Gasteiger partial charge in [-0.2, -0.15) is 0 Å². The highest BCUT2D eigenvalue weighted by molar-refractivity contribution is 9.10. The number of halogens is 3. The molecule has 0 aliphatic rings. The average Bonchev–Trinajstić information content (AvgIpc) is 2.28. The van der Waals surface area contributed by atoms with Crippen LogP contribution >= 0.6 is 43.5 Å². The van der Waals surface area contributed by atoms with Crippen molar-refractivity contribution < 1.29 is 0 Å². The van der Waals surface area contributed by atoms with Crippen LogP contribution in [0.4, 0.5) is 5.69 Å². The van der Waals surface area contributed by atoms with Gasteiger partial charge >= 0.3 is 0 Å². The molecule has 1 atom stereocenters. The van der Waals surface area contributed by atoms with Crippen molar-refractivity contribution in [2.75, 3.05) is 5.32 Å². The lowest BCUT2D eigenvalue weighted by atomic mass is 10.1. The molecule has 94 valence electrons. The lowest BCUT2D eigenvalue weighted by Gasteiger charge is -2.17. The van der Waals surface area contributed by atoms with E-state index in [0.29, 0.717) is 0 Å². The highest BCUT2D eigenvalue weighted by Gasteiger charge is 2.10. The Hall–Kier alpha value is -0.580. The van der Waals surface area contributed by atoms with Crippen molar-refractivity contribution in [2.24, 2.45) is 0 Å². The molecule has 1 unspecified atom stereocenters. The van der Waals surface area contributed by atoms with Gasteiger partial charge in [0.15, 0.2) is 0 Å². The van der Waals surface area contributed by atoms with Crippen LogP contribution in [0.15, 0.2) is 45.6 Å². The van der Waals surface area contributed by atoms with Gasteiger partial charge in [-0.25, -0.2) is 0 Å². The largest absolute Gasteiger partial charge is 0.377 e. The van der Waals surface area contributed by atoms with Gasteiger partial charge in [-0.05, 0) is 46.6 Å². The summed E-state index contributed by atoms with van der Waals surface area (Å²) in [6.07, 6.45) is 3.54. The maximum atomic E-state index is 6.23. The van der Waals surface area contributed by atoms with Crippen LogP contribution in [-0.4, -0.2) is 4.98 Å². The van der Waals surface area contributed by atoms with E-state index in [1.54, 1.807) is 12.4 Å². The lowest BCUT2D eigenvalue weighted by molar-refractivity contribution is 0.882. The fourth-order valence-corrected chi connectivity index (χ4v) is 2.87. The molecule has 1 heterocycles. The van der Waals surface area contributed by atoms with Gasteiger partial charge < -0.3 is 5.32 Å². The van der Waals surface area contributed by atoms with Crippen LogP contribution in [-0.2, 0) is 0 Å². The fraction of sp³-hybridized carbons (Fsp3) is 0.154. The van der Waals surface area contributed by atoms with E-state index in [2.05, 4.69) is 49.1 Å². The summed E-state index contributed by atoms with van der Waals surface area (Å²) in [7, 11) is 0. The minimum absolute atomic E-state index is 0.113. The van der Waals surface area contributed by atoms with Crippen molar-refractivity contribution in [2.45, 2.75) is 13.0 Å². The third-order valence-electron chi connectivity index (χ3n) is 2.52. The van der Waals surface area contributed by atoms with Crippen LogP contribution in [0, 0.1) is 0 Å². The molecule has 1 N–H and O–H groups in total. The minimum atomic E-state index is 0.113. The molecular weight excluding hydrogens is 379 g/mol. The number of hydrogen-bond acceptors (Lipinski definition) is 2. The zero-order chi connectivity index (χ0) is 13.1. The Morgan fingerprint density at radius 2 is 1.94 bits per heavy atom. The zero-order valence-electron chi connectivity index (χ0n) is 9.62. The predicted octanol–water partition coefficient (Wildman–Crippen LogP) is 5.43. The second-order valence-corrected chi connectivity index (χ2v) is 6.16. The molecule has 1 aromatic carbocycles. The van der Waals surface area contributed by atoms with Crippen molar-refractivity contribution in [3.8, 4) is 0 Å². The van der Waals surface area contributed by atoms with Gasteiger partial charge in [-0.1, -0.05) is 33.6 Å². The first-order valence-electron chi connectivity index (χ1n) is 5.38. The number of hydrogen-bond donors (Lipinski definition) is 1. The Kier molecular flexibility index (Phi) is 4.65. The number of anilines is 1. The fourth-order valence-electron chi connectivity index (χ4n) is 1.67. The molecule has 0 saturated heterocycles. The van der Waals surface area contributed by atoms with Gasteiger partial charge in [0.2, 0.25) is 0 Å². The van der Waals surface area contributed by atoms with Gasteiger partial charge in [-0.15, -0.1) is 0 Å². The smallest absolute Gasteiger partial charge is 0.0542 e. The van der Waals surface area contributed by atoms with Gasteiger partial charge in [-0.3, -0.25) is 4.98 Å². The number of nitrogens with one attached hydrogen (secondary N) is 1. The van der Waals surface area contributed by atoms with Crippen molar-refractivity contribution in [1.82, 2.24) is 4.98 Å². The number of pyridine rings is 1. The Morgan fingerprint density at radius 1 is 1.17 bits per heavy atom. The quantitative estimate of drug-likeness (QED) is 0.756. The van der Waals surface area contributed by atoms with Crippen molar-refractivity contribution >= 4 is 49.1 Å². The number of aromatic nitrogens is 1. The Balaban J connectivity index is 2.19. The summed E-state index contributed by atoms with van der Waals surface area (Å²) in [5.74, 6) is 0. The van der Waals surface area contributed by atoms with E-state index in [9.17, 15) is 0 Å². The molecule has 0 aliphatic heterocycles. The van der Waals surface area contributed by atoms with E-state index < -0.39 is 0 Å². The van der Waals surface area contributed by atoms with Crippen molar-refractivity contribution in [3.05, 3.63) is 56.2 Å². The molecule has 2 rings (SSSR count). The Labute approximate surface area is 128 Å². The first kappa shape index (κ1) is 13.8. The molecule has 0 aliphatic carbocycles. The van der Waals surface area contributed by atoms with E-state index in [1.807, 2.05) is 24.3 Å². The molecule has 0 radical (unpaired) electrons. The Bertz CT molecular complexity index is 560. The molecule has 18 heavy (non-hydrogen) atoms. The second kappa shape index (κ2) is 6.04. The third-order valence-corrected chi connectivity index (χ3v) is 3.77. The molecule has 2 aromatic rings. The predicted molar refractivity (Wildman–Crippen MR) is 83.1 cm³/mol. The van der Waals surface area contributed by atoms with E-state index in [4.69, 9.17) is 11.6 Å². The van der Waals surface area contributed by atoms with Gasteiger partial charge in [0.25, 0.3) is 0 Å². The summed E-state index contributed by atoms with van der Waals surface area (Å²) < 4.78 is 1.93. The molecule has 2 nitrogen and oxygen atoms in total. The summed E-state index contributed by atoms with van der Waals surface area (Å²) in [6.45, 7) is 2.07. The normalized spacial score (nSPS) is 12.2. The molecule has 0 fully saturated rings. The van der Waals surface area contributed by atoms with Crippen molar-refractivity contribution in [3.63, 3.8) is 0 Å². The minimum Gasteiger partial charge on any atom is -0.377 e. The maximum Gasteiger partial charge on any atom is 0.0542 e.